The lowest BCUT2D eigenvalue weighted by Gasteiger charge is -2.17. The molecule has 3 aromatic rings. The number of H-pyrrole nitrogens is 1. The van der Waals surface area contributed by atoms with Gasteiger partial charge in [-0.25, -0.2) is 4.79 Å². The summed E-state index contributed by atoms with van der Waals surface area (Å²) in [5.74, 6) is -2.22. The average Bonchev–Trinajstić information content (AvgIpc) is 3.55. The molecule has 6 N–H and O–H groups in total. The van der Waals surface area contributed by atoms with Crippen LogP contribution in [0.25, 0.3) is 10.9 Å². The van der Waals surface area contributed by atoms with Crippen molar-refractivity contribution in [1.29, 1.82) is 5.41 Å². The summed E-state index contributed by atoms with van der Waals surface area (Å²) in [5, 5.41) is 17.3. The van der Waals surface area contributed by atoms with Crippen molar-refractivity contribution in [3.63, 3.8) is 0 Å². The van der Waals surface area contributed by atoms with Crippen molar-refractivity contribution < 1.29 is 28.8 Å². The van der Waals surface area contributed by atoms with E-state index >= 15 is 0 Å². The Labute approximate surface area is 223 Å². The fraction of sp³-hybridized carbons (Fsp3) is 0.259. The standard InChI is InChI=1S/C27H28N6O6/c1-14(34)23-18-5-3-4-6-19(18)31-24(23)26(36)32-21(27(37)38-2)13-30-22(35)12-17-11-20(33-39-17)15-7-9-16(10-8-15)25(28)29/h3-10,17,21,31H,11-13H2,1-2H3,(H3,28,29)(H,30,35)(H,32,36). The number of oxime groups is 1. The van der Waals surface area contributed by atoms with Crippen LogP contribution in [0.15, 0.2) is 53.7 Å². The molecule has 0 radical (unpaired) electrons. The number of hydrogen-bond donors (Lipinski definition) is 5. The van der Waals surface area contributed by atoms with Crippen molar-refractivity contribution in [3.8, 4) is 0 Å². The molecular formula is C27H28N6O6. The highest BCUT2D eigenvalue weighted by Crippen LogP contribution is 2.23. The number of Topliss-reactive ketones (excluding diaryl/α,β-unsaturated/α-hetero) is 1. The first-order valence-corrected chi connectivity index (χ1v) is 12.1. The maximum atomic E-state index is 13.1. The van der Waals surface area contributed by atoms with E-state index in [-0.39, 0.29) is 35.8 Å². The number of nitrogens with one attached hydrogen (secondary N) is 4. The number of amidine groups is 1. The molecule has 2 heterocycles. The van der Waals surface area contributed by atoms with E-state index < -0.39 is 29.9 Å². The van der Waals surface area contributed by atoms with Crippen LogP contribution in [0.5, 0.6) is 0 Å². The lowest BCUT2D eigenvalue weighted by Crippen LogP contribution is -2.49. The number of aromatic amines is 1. The molecule has 39 heavy (non-hydrogen) atoms. The molecule has 0 saturated carbocycles. The number of amides is 2. The first kappa shape index (κ1) is 27.0. The molecule has 2 atom stereocenters. The topological polar surface area (TPSA) is 189 Å². The van der Waals surface area contributed by atoms with Gasteiger partial charge < -0.3 is 30.9 Å². The summed E-state index contributed by atoms with van der Waals surface area (Å²) in [6, 6.07) is 12.7. The zero-order valence-corrected chi connectivity index (χ0v) is 21.4. The Balaban J connectivity index is 1.35. The number of para-hydroxylation sites is 1. The van der Waals surface area contributed by atoms with Gasteiger partial charge >= 0.3 is 5.97 Å². The molecule has 1 aliphatic rings. The van der Waals surface area contributed by atoms with Crippen molar-refractivity contribution in [2.24, 2.45) is 10.9 Å². The van der Waals surface area contributed by atoms with Crippen LogP contribution in [0.3, 0.4) is 0 Å². The zero-order valence-electron chi connectivity index (χ0n) is 21.4. The third-order valence-corrected chi connectivity index (χ3v) is 6.25. The summed E-state index contributed by atoms with van der Waals surface area (Å²) >= 11 is 0. The number of methoxy groups -OCH3 is 1. The van der Waals surface area contributed by atoms with Gasteiger partial charge in [-0.1, -0.05) is 47.6 Å². The fourth-order valence-corrected chi connectivity index (χ4v) is 4.29. The Morgan fingerprint density at radius 3 is 2.56 bits per heavy atom. The second-order valence-electron chi connectivity index (χ2n) is 8.99. The van der Waals surface area contributed by atoms with Gasteiger partial charge in [0, 0.05) is 29.4 Å². The number of nitrogens with zero attached hydrogens (tertiary/aromatic N) is 1. The van der Waals surface area contributed by atoms with Crippen LogP contribution in [-0.4, -0.2) is 65.9 Å². The van der Waals surface area contributed by atoms with E-state index in [0.717, 1.165) is 5.56 Å². The number of benzene rings is 2. The summed E-state index contributed by atoms with van der Waals surface area (Å²) in [5.41, 5.74) is 8.34. The van der Waals surface area contributed by atoms with Gasteiger partial charge in [0.25, 0.3) is 5.91 Å². The first-order chi connectivity index (χ1) is 18.7. The average molecular weight is 533 g/mol. The van der Waals surface area contributed by atoms with Crippen molar-refractivity contribution in [2.75, 3.05) is 13.7 Å². The van der Waals surface area contributed by atoms with Gasteiger partial charge in [0.15, 0.2) is 5.78 Å². The largest absolute Gasteiger partial charge is 0.467 e. The zero-order chi connectivity index (χ0) is 28.1. The number of nitrogen functional groups attached to an aromatic ring is 1. The summed E-state index contributed by atoms with van der Waals surface area (Å²) in [6.45, 7) is 1.12. The van der Waals surface area contributed by atoms with Crippen LogP contribution in [0, 0.1) is 5.41 Å². The Bertz CT molecular complexity index is 1480. The molecule has 0 bridgehead atoms. The van der Waals surface area contributed by atoms with Crippen molar-refractivity contribution >= 4 is 46.0 Å². The predicted octanol–water partition coefficient (Wildman–Crippen LogP) is 1.63. The minimum Gasteiger partial charge on any atom is -0.467 e. The smallest absolute Gasteiger partial charge is 0.330 e. The van der Waals surface area contributed by atoms with E-state index in [1.165, 1.54) is 14.0 Å². The lowest BCUT2D eigenvalue weighted by atomic mass is 10.0. The highest BCUT2D eigenvalue weighted by atomic mass is 16.6. The normalized spacial score (nSPS) is 15.1. The quantitative estimate of drug-likeness (QED) is 0.113. The SMILES string of the molecule is COC(=O)C(CNC(=O)CC1CC(c2ccc(C(=N)N)cc2)=NO1)NC(=O)c1[nH]c2ccccc2c1C(C)=O. The number of carbonyl (C=O) groups is 4. The third kappa shape index (κ3) is 6.12. The first-order valence-electron chi connectivity index (χ1n) is 12.1. The predicted molar refractivity (Wildman–Crippen MR) is 143 cm³/mol. The fourth-order valence-electron chi connectivity index (χ4n) is 4.29. The Kier molecular flexibility index (Phi) is 8.04. The van der Waals surface area contributed by atoms with Crippen molar-refractivity contribution in [2.45, 2.75) is 31.9 Å². The van der Waals surface area contributed by atoms with Gasteiger partial charge in [0.2, 0.25) is 5.91 Å². The Morgan fingerprint density at radius 2 is 1.90 bits per heavy atom. The molecule has 4 rings (SSSR count). The summed E-state index contributed by atoms with van der Waals surface area (Å²) in [7, 11) is 1.17. The summed E-state index contributed by atoms with van der Waals surface area (Å²) in [4.78, 5) is 58.6. The molecule has 202 valence electrons. The van der Waals surface area contributed by atoms with Gasteiger partial charge in [0.05, 0.1) is 24.8 Å². The molecule has 0 aliphatic carbocycles. The highest BCUT2D eigenvalue weighted by Gasteiger charge is 2.29. The second-order valence-corrected chi connectivity index (χ2v) is 8.99. The third-order valence-electron chi connectivity index (χ3n) is 6.25. The molecule has 0 spiro atoms. The molecular weight excluding hydrogens is 504 g/mol. The van der Waals surface area contributed by atoms with Crippen molar-refractivity contribution in [1.82, 2.24) is 15.6 Å². The van der Waals surface area contributed by atoms with E-state index in [1.54, 1.807) is 48.5 Å². The molecule has 0 saturated heterocycles. The minimum absolute atomic E-state index is 0.0179. The van der Waals surface area contributed by atoms with E-state index in [9.17, 15) is 19.2 Å². The van der Waals surface area contributed by atoms with Crippen LogP contribution < -0.4 is 16.4 Å². The van der Waals surface area contributed by atoms with Crippen LogP contribution in [0.1, 0.15) is 51.7 Å². The van der Waals surface area contributed by atoms with Gasteiger partial charge in [-0.2, -0.15) is 0 Å². The van der Waals surface area contributed by atoms with Crippen LogP contribution in [0.4, 0.5) is 0 Å². The number of nitrogens with two attached hydrogens (primary N) is 1. The van der Waals surface area contributed by atoms with Gasteiger partial charge in [-0.05, 0) is 18.6 Å². The van der Waals surface area contributed by atoms with Gasteiger partial charge in [-0.15, -0.1) is 0 Å². The molecule has 12 nitrogen and oxygen atoms in total. The summed E-state index contributed by atoms with van der Waals surface area (Å²) in [6.07, 6.45) is -0.155. The number of carbonyl (C=O) groups excluding carboxylic acids is 4. The monoisotopic (exact) mass is 532 g/mol. The summed E-state index contributed by atoms with van der Waals surface area (Å²) < 4.78 is 4.79. The van der Waals surface area contributed by atoms with E-state index in [2.05, 4.69) is 20.8 Å². The number of aromatic nitrogens is 1. The number of fused-ring (bicyclic) bond motifs is 1. The van der Waals surface area contributed by atoms with Crippen LogP contribution >= 0.6 is 0 Å². The minimum atomic E-state index is -1.20. The second kappa shape index (κ2) is 11.6. The van der Waals surface area contributed by atoms with Crippen LogP contribution in [-0.2, 0) is 19.2 Å². The number of ether oxygens (including phenoxy) is 1. The van der Waals surface area contributed by atoms with Crippen LogP contribution in [0.2, 0.25) is 0 Å². The molecule has 0 fully saturated rings. The molecule has 1 aromatic heterocycles. The number of ketones is 1. The van der Waals surface area contributed by atoms with E-state index in [0.29, 0.717) is 28.6 Å². The molecule has 1 aliphatic heterocycles. The molecule has 2 unspecified atom stereocenters. The molecule has 2 aromatic carbocycles. The van der Waals surface area contributed by atoms with Gasteiger partial charge in [-0.3, -0.25) is 19.8 Å². The number of esters is 1. The van der Waals surface area contributed by atoms with Gasteiger partial charge in [0.1, 0.15) is 23.7 Å². The number of rotatable bonds is 10. The number of hydrogen-bond acceptors (Lipinski definition) is 8. The molecule has 2 amide bonds. The highest BCUT2D eigenvalue weighted by molar-refractivity contribution is 6.15. The van der Waals surface area contributed by atoms with E-state index in [1.807, 2.05) is 0 Å². The Morgan fingerprint density at radius 1 is 1.18 bits per heavy atom. The maximum Gasteiger partial charge on any atom is 0.330 e. The lowest BCUT2D eigenvalue weighted by molar-refractivity contribution is -0.142. The van der Waals surface area contributed by atoms with Crippen molar-refractivity contribution in [3.05, 3.63) is 70.9 Å². The Hall–Kier alpha value is -5.00. The van der Waals surface area contributed by atoms with E-state index in [4.69, 9.17) is 20.7 Å². The maximum absolute atomic E-state index is 13.1. The molecule has 12 heteroatoms.